The third kappa shape index (κ3) is 0.910. The summed E-state index contributed by atoms with van der Waals surface area (Å²) in [6, 6.07) is 2.32. The van der Waals surface area contributed by atoms with Gasteiger partial charge in [-0.3, -0.25) is 0 Å². The monoisotopic (exact) mass is 269 g/mol. The van der Waals surface area contributed by atoms with Gasteiger partial charge in [0.1, 0.15) is 6.17 Å². The number of halogens is 1. The maximum absolute atomic E-state index is 14.5. The standard InChI is InChI=1S/C18H20FN/c19-18-12-4-9(13(18)6-20)16-10-5-11(17(12)16)15-8-2-1-7(3-8)14(10)15/h1-2,7-18H,3-5H2. The van der Waals surface area contributed by atoms with Crippen LogP contribution in [0.25, 0.3) is 0 Å². The summed E-state index contributed by atoms with van der Waals surface area (Å²) in [6.45, 7) is 0. The van der Waals surface area contributed by atoms with Crippen LogP contribution in [0.1, 0.15) is 19.3 Å². The molecule has 1 nitrogen and oxygen atoms in total. The first-order valence-electron chi connectivity index (χ1n) is 8.51. The molecule has 2 heteroatoms. The Balaban J connectivity index is 1.44. The SMILES string of the molecule is N#CC1C(F)C2CC1C1C3CC(C4C5C=CC(C5)C34)C21. The summed E-state index contributed by atoms with van der Waals surface area (Å²) in [5.41, 5.74) is 0. The zero-order valence-electron chi connectivity index (χ0n) is 11.5. The van der Waals surface area contributed by atoms with Crippen molar-refractivity contribution in [1.29, 1.82) is 5.26 Å². The Morgan fingerprint density at radius 2 is 1.40 bits per heavy atom. The van der Waals surface area contributed by atoms with Crippen LogP contribution < -0.4 is 0 Å². The molecular weight excluding hydrogens is 249 g/mol. The first-order chi connectivity index (χ1) is 9.79. The van der Waals surface area contributed by atoms with Gasteiger partial charge >= 0.3 is 0 Å². The normalized spacial score (nSPS) is 70.4. The lowest BCUT2D eigenvalue weighted by Crippen LogP contribution is -2.45. The summed E-state index contributed by atoms with van der Waals surface area (Å²) in [4.78, 5) is 0. The predicted molar refractivity (Wildman–Crippen MR) is 71.9 cm³/mol. The number of nitriles is 1. The van der Waals surface area contributed by atoms with Crippen molar-refractivity contribution >= 4 is 0 Å². The molecule has 104 valence electrons. The number of alkyl halides is 1. The van der Waals surface area contributed by atoms with Gasteiger partial charge in [0.05, 0.1) is 12.0 Å². The molecule has 6 bridgehead atoms. The smallest absolute Gasteiger partial charge is 0.119 e. The van der Waals surface area contributed by atoms with Gasteiger partial charge < -0.3 is 0 Å². The summed E-state index contributed by atoms with van der Waals surface area (Å²) in [5, 5.41) is 9.34. The van der Waals surface area contributed by atoms with E-state index in [0.29, 0.717) is 11.8 Å². The van der Waals surface area contributed by atoms with E-state index in [1.807, 2.05) is 0 Å². The third-order valence-electron chi connectivity index (χ3n) is 8.44. The van der Waals surface area contributed by atoms with Crippen molar-refractivity contribution in [2.24, 2.45) is 65.1 Å². The van der Waals surface area contributed by atoms with Crippen molar-refractivity contribution in [1.82, 2.24) is 0 Å². The molecule has 0 aromatic heterocycles. The minimum absolute atomic E-state index is 0.244. The molecule has 0 heterocycles. The summed E-state index contributed by atoms with van der Waals surface area (Å²) in [5.74, 6) is 6.86. The first kappa shape index (κ1) is 10.8. The van der Waals surface area contributed by atoms with Crippen molar-refractivity contribution in [2.75, 3.05) is 0 Å². The van der Waals surface area contributed by atoms with Gasteiger partial charge in [-0.1, -0.05) is 12.2 Å². The molecule has 0 spiro atoms. The Morgan fingerprint density at radius 1 is 0.800 bits per heavy atom. The van der Waals surface area contributed by atoms with E-state index in [1.165, 1.54) is 12.8 Å². The maximum atomic E-state index is 14.5. The Hall–Kier alpha value is -0.840. The largest absolute Gasteiger partial charge is 0.246 e. The minimum atomic E-state index is -0.807. The summed E-state index contributed by atoms with van der Waals surface area (Å²) in [7, 11) is 0. The van der Waals surface area contributed by atoms with Gasteiger partial charge in [-0.2, -0.15) is 5.26 Å². The molecule has 0 aromatic carbocycles. The highest BCUT2D eigenvalue weighted by molar-refractivity contribution is 5.26. The van der Waals surface area contributed by atoms with Crippen molar-refractivity contribution in [3.63, 3.8) is 0 Å². The van der Waals surface area contributed by atoms with Crippen LogP contribution in [-0.2, 0) is 0 Å². The van der Waals surface area contributed by atoms with E-state index in [1.54, 1.807) is 0 Å². The zero-order chi connectivity index (χ0) is 13.2. The Labute approximate surface area is 119 Å². The molecule has 0 N–H and O–H groups in total. The van der Waals surface area contributed by atoms with E-state index in [2.05, 4.69) is 18.2 Å². The average molecular weight is 269 g/mol. The van der Waals surface area contributed by atoms with Crippen LogP contribution in [-0.4, -0.2) is 6.17 Å². The number of nitrogens with zero attached hydrogens (tertiary/aromatic N) is 1. The number of hydrogen-bond donors (Lipinski definition) is 0. The first-order valence-corrected chi connectivity index (χ1v) is 8.51. The highest BCUT2D eigenvalue weighted by Gasteiger charge is 2.73. The van der Waals surface area contributed by atoms with Crippen LogP contribution >= 0.6 is 0 Å². The molecule has 12 unspecified atom stereocenters. The molecule has 0 saturated heterocycles. The van der Waals surface area contributed by atoms with Gasteiger partial charge in [0.2, 0.25) is 0 Å². The van der Waals surface area contributed by atoms with Crippen molar-refractivity contribution in [3.05, 3.63) is 12.2 Å². The second-order valence-corrected chi connectivity index (χ2v) is 8.48. The number of fused-ring (bicyclic) bond motifs is 16. The average Bonchev–Trinajstić information content (AvgIpc) is 3.23. The van der Waals surface area contributed by atoms with E-state index in [4.69, 9.17) is 0 Å². The van der Waals surface area contributed by atoms with E-state index in [0.717, 1.165) is 47.8 Å². The quantitative estimate of drug-likeness (QED) is 0.488. The lowest BCUT2D eigenvalue weighted by molar-refractivity contribution is 0.00223. The van der Waals surface area contributed by atoms with Crippen LogP contribution in [0.3, 0.4) is 0 Å². The molecule has 5 fully saturated rings. The summed E-state index contributed by atoms with van der Waals surface area (Å²) < 4.78 is 14.5. The third-order valence-corrected chi connectivity index (χ3v) is 8.44. The second-order valence-electron chi connectivity index (χ2n) is 8.48. The summed E-state index contributed by atoms with van der Waals surface area (Å²) >= 11 is 0. The van der Waals surface area contributed by atoms with E-state index < -0.39 is 6.17 Å². The molecule has 6 rings (SSSR count). The minimum Gasteiger partial charge on any atom is -0.246 e. The van der Waals surface area contributed by atoms with E-state index >= 15 is 0 Å². The number of allylic oxidation sites excluding steroid dienone is 2. The van der Waals surface area contributed by atoms with Crippen LogP contribution in [0.2, 0.25) is 0 Å². The number of hydrogen-bond acceptors (Lipinski definition) is 1. The van der Waals surface area contributed by atoms with Gasteiger partial charge in [0.15, 0.2) is 0 Å². The second kappa shape index (κ2) is 3.16. The zero-order valence-corrected chi connectivity index (χ0v) is 11.5. The van der Waals surface area contributed by atoms with Gasteiger partial charge in [0, 0.05) is 0 Å². The molecule has 12 atom stereocenters. The molecule has 0 aliphatic heterocycles. The predicted octanol–water partition coefficient (Wildman–Crippen LogP) is 3.43. The Bertz CT molecular complexity index is 562. The van der Waals surface area contributed by atoms with Crippen LogP contribution in [0.15, 0.2) is 12.2 Å². The Kier molecular flexibility index (Phi) is 1.71. The molecule has 0 aromatic rings. The summed E-state index contributed by atoms with van der Waals surface area (Å²) in [6.07, 6.45) is 7.94. The van der Waals surface area contributed by atoms with Crippen molar-refractivity contribution in [2.45, 2.75) is 25.4 Å². The molecular formula is C18H20FN. The van der Waals surface area contributed by atoms with Gasteiger partial charge in [0.25, 0.3) is 0 Å². The van der Waals surface area contributed by atoms with Crippen LogP contribution in [0.4, 0.5) is 4.39 Å². The van der Waals surface area contributed by atoms with Crippen molar-refractivity contribution in [3.8, 4) is 6.07 Å². The van der Waals surface area contributed by atoms with E-state index in [9.17, 15) is 9.65 Å². The molecule has 5 saturated carbocycles. The maximum Gasteiger partial charge on any atom is 0.119 e. The van der Waals surface area contributed by atoms with Gasteiger partial charge in [-0.05, 0) is 78.4 Å². The van der Waals surface area contributed by atoms with E-state index in [-0.39, 0.29) is 11.8 Å². The Morgan fingerprint density at radius 3 is 2.05 bits per heavy atom. The molecule has 20 heavy (non-hydrogen) atoms. The van der Waals surface area contributed by atoms with Crippen LogP contribution in [0.5, 0.6) is 0 Å². The van der Waals surface area contributed by atoms with Gasteiger partial charge in [-0.25, -0.2) is 4.39 Å². The lowest BCUT2D eigenvalue weighted by Gasteiger charge is -2.45. The topological polar surface area (TPSA) is 23.8 Å². The fourth-order valence-corrected chi connectivity index (χ4v) is 8.36. The lowest BCUT2D eigenvalue weighted by atomic mass is 9.59. The molecule has 0 radical (unpaired) electrons. The molecule has 6 aliphatic rings. The van der Waals surface area contributed by atoms with Crippen LogP contribution in [0, 0.1) is 76.4 Å². The molecule has 0 amide bonds. The highest BCUT2D eigenvalue weighted by atomic mass is 19.1. The highest BCUT2D eigenvalue weighted by Crippen LogP contribution is 2.76. The molecule has 6 aliphatic carbocycles. The fraction of sp³-hybridized carbons (Fsp3) is 0.833. The number of rotatable bonds is 0. The van der Waals surface area contributed by atoms with Crippen molar-refractivity contribution < 1.29 is 4.39 Å². The van der Waals surface area contributed by atoms with Gasteiger partial charge in [-0.15, -0.1) is 0 Å². The fourth-order valence-electron chi connectivity index (χ4n) is 8.36.